The number of rotatable bonds is 1. The molecule has 0 saturated heterocycles. The Bertz CT molecular complexity index is 133. The van der Waals surface area contributed by atoms with Gasteiger partial charge in [-0.05, 0) is 18.7 Å². The van der Waals surface area contributed by atoms with Crippen molar-refractivity contribution < 1.29 is 9.59 Å². The molecule has 0 fully saturated rings. The van der Waals surface area contributed by atoms with E-state index >= 15 is 0 Å². The maximum Gasteiger partial charge on any atom is 0.213 e. The summed E-state index contributed by atoms with van der Waals surface area (Å²) in [5.74, 6) is 0. The zero-order chi connectivity index (χ0) is 7.44. The minimum Gasteiger partial charge on any atom is -0.287 e. The van der Waals surface area contributed by atoms with Gasteiger partial charge in [0.1, 0.15) is 5.38 Å². The molecule has 0 aromatic rings. The summed E-state index contributed by atoms with van der Waals surface area (Å²) in [5, 5.41) is -1.07. The van der Waals surface area contributed by atoms with E-state index in [4.69, 9.17) is 11.6 Å². The molecule has 1 atom stereocenters. The van der Waals surface area contributed by atoms with Crippen molar-refractivity contribution in [2.75, 3.05) is 0 Å². The summed E-state index contributed by atoms with van der Waals surface area (Å²) < 4.78 is 0. The molecule has 0 aliphatic rings. The van der Waals surface area contributed by atoms with Crippen LogP contribution in [0.5, 0.6) is 0 Å². The minimum absolute atomic E-state index is 0.215. The van der Waals surface area contributed by atoms with E-state index in [1.807, 2.05) is 0 Å². The van der Waals surface area contributed by atoms with E-state index in [-0.39, 0.29) is 10.2 Å². The highest BCUT2D eigenvalue weighted by Crippen LogP contribution is 2.09. The Hall–Kier alpha value is -0.0200. The molecule has 0 bridgehead atoms. The normalized spacial score (nSPS) is 12.8. The maximum absolute atomic E-state index is 10.6. The maximum atomic E-state index is 10.6. The molecule has 0 radical (unpaired) electrons. The number of carbonyl (C=O) groups excluding carboxylic acids is 2. The van der Waals surface area contributed by atoms with Crippen molar-refractivity contribution in [3.8, 4) is 0 Å². The van der Waals surface area contributed by atoms with Gasteiger partial charge in [0.2, 0.25) is 5.12 Å². The summed E-state index contributed by atoms with van der Waals surface area (Å²) in [6.07, 6.45) is 0. The van der Waals surface area contributed by atoms with Crippen molar-refractivity contribution in [1.29, 1.82) is 0 Å². The third kappa shape index (κ3) is 4.48. The smallest absolute Gasteiger partial charge is 0.213 e. The molecule has 0 saturated carbocycles. The summed E-state index contributed by atoms with van der Waals surface area (Å²) in [6, 6.07) is 0. The van der Waals surface area contributed by atoms with E-state index in [9.17, 15) is 9.59 Å². The average molecular weight is 167 g/mol. The SMILES string of the molecule is CC(=O)SC(=O)C(C)Cl. The lowest BCUT2D eigenvalue weighted by Crippen LogP contribution is -2.06. The van der Waals surface area contributed by atoms with Gasteiger partial charge in [-0.2, -0.15) is 0 Å². The minimum atomic E-state index is -0.570. The summed E-state index contributed by atoms with van der Waals surface area (Å²) in [4.78, 5) is 20.8. The fourth-order valence-corrected chi connectivity index (χ4v) is 0.802. The van der Waals surface area contributed by atoms with Crippen molar-refractivity contribution in [3.63, 3.8) is 0 Å². The Morgan fingerprint density at radius 2 is 2.00 bits per heavy atom. The van der Waals surface area contributed by atoms with Gasteiger partial charge in [-0.3, -0.25) is 9.59 Å². The summed E-state index contributed by atoms with van der Waals surface area (Å²) in [5.41, 5.74) is 0. The number of carbonyl (C=O) groups is 2. The molecule has 0 aromatic heterocycles. The van der Waals surface area contributed by atoms with Crippen LogP contribution in [-0.4, -0.2) is 15.6 Å². The molecule has 4 heteroatoms. The number of alkyl halides is 1. The number of hydrogen-bond donors (Lipinski definition) is 0. The van der Waals surface area contributed by atoms with Crippen molar-refractivity contribution in [2.45, 2.75) is 19.2 Å². The van der Waals surface area contributed by atoms with Crippen LogP contribution in [0.2, 0.25) is 0 Å². The lowest BCUT2D eigenvalue weighted by Gasteiger charge is -1.95. The number of hydrogen-bond acceptors (Lipinski definition) is 3. The fraction of sp³-hybridized carbons (Fsp3) is 0.600. The zero-order valence-electron chi connectivity index (χ0n) is 5.18. The van der Waals surface area contributed by atoms with Crippen molar-refractivity contribution in [3.05, 3.63) is 0 Å². The Kier molecular flexibility index (Phi) is 3.89. The average Bonchev–Trinajstić information content (AvgIpc) is 1.63. The van der Waals surface area contributed by atoms with Crippen LogP contribution >= 0.6 is 23.4 Å². The summed E-state index contributed by atoms with van der Waals surface area (Å²) in [6.45, 7) is 2.88. The van der Waals surface area contributed by atoms with Crippen LogP contribution in [0.25, 0.3) is 0 Å². The Labute approximate surface area is 62.9 Å². The molecular formula is C5H7ClO2S. The number of thioether (sulfide) groups is 1. The first-order valence-electron chi connectivity index (χ1n) is 2.40. The first-order chi connectivity index (χ1) is 4.04. The van der Waals surface area contributed by atoms with E-state index < -0.39 is 5.38 Å². The monoisotopic (exact) mass is 166 g/mol. The van der Waals surface area contributed by atoms with Gasteiger partial charge in [-0.1, -0.05) is 0 Å². The molecule has 0 aliphatic carbocycles. The van der Waals surface area contributed by atoms with Gasteiger partial charge in [0.15, 0.2) is 5.12 Å². The highest BCUT2D eigenvalue weighted by Gasteiger charge is 2.11. The third-order valence-electron chi connectivity index (χ3n) is 0.569. The van der Waals surface area contributed by atoms with E-state index in [1.165, 1.54) is 6.92 Å². The topological polar surface area (TPSA) is 34.1 Å². The summed E-state index contributed by atoms with van der Waals surface area (Å²) in [7, 11) is 0. The standard InChI is InChI=1S/C5H7ClO2S/c1-3(6)5(8)9-4(2)7/h3H,1-2H3. The van der Waals surface area contributed by atoms with E-state index in [1.54, 1.807) is 6.92 Å². The quantitative estimate of drug-likeness (QED) is 0.553. The molecule has 52 valence electrons. The van der Waals surface area contributed by atoms with E-state index in [0.717, 1.165) is 0 Å². The first-order valence-corrected chi connectivity index (χ1v) is 3.65. The molecule has 0 aromatic carbocycles. The van der Waals surface area contributed by atoms with Crippen LogP contribution in [0.1, 0.15) is 13.8 Å². The predicted octanol–water partition coefficient (Wildman–Crippen LogP) is 1.42. The second-order valence-electron chi connectivity index (χ2n) is 1.53. The third-order valence-corrected chi connectivity index (χ3v) is 1.74. The van der Waals surface area contributed by atoms with Crippen LogP contribution in [0.15, 0.2) is 0 Å². The molecule has 0 amide bonds. The van der Waals surface area contributed by atoms with Gasteiger partial charge in [0, 0.05) is 6.92 Å². The highest BCUT2D eigenvalue weighted by atomic mass is 35.5. The second-order valence-corrected chi connectivity index (χ2v) is 3.36. The van der Waals surface area contributed by atoms with E-state index in [2.05, 4.69) is 0 Å². The molecule has 0 aliphatic heterocycles. The Morgan fingerprint density at radius 1 is 1.56 bits per heavy atom. The molecular weight excluding hydrogens is 160 g/mol. The van der Waals surface area contributed by atoms with Crippen LogP contribution in [0.4, 0.5) is 0 Å². The summed E-state index contributed by atoms with van der Waals surface area (Å²) >= 11 is 6.00. The number of halogens is 1. The lowest BCUT2D eigenvalue weighted by atomic mass is 10.5. The fourth-order valence-electron chi connectivity index (χ4n) is 0.223. The van der Waals surface area contributed by atoms with Crippen molar-refractivity contribution in [2.24, 2.45) is 0 Å². The van der Waals surface area contributed by atoms with Gasteiger partial charge in [0.25, 0.3) is 0 Å². The van der Waals surface area contributed by atoms with Gasteiger partial charge in [-0.25, -0.2) is 0 Å². The van der Waals surface area contributed by atoms with Crippen LogP contribution < -0.4 is 0 Å². The van der Waals surface area contributed by atoms with Gasteiger partial charge < -0.3 is 0 Å². The van der Waals surface area contributed by atoms with Crippen molar-refractivity contribution in [1.82, 2.24) is 0 Å². The molecule has 0 spiro atoms. The lowest BCUT2D eigenvalue weighted by molar-refractivity contribution is -0.112. The van der Waals surface area contributed by atoms with Crippen LogP contribution in [-0.2, 0) is 9.59 Å². The van der Waals surface area contributed by atoms with Gasteiger partial charge in [-0.15, -0.1) is 11.6 Å². The first kappa shape index (κ1) is 8.98. The van der Waals surface area contributed by atoms with Crippen molar-refractivity contribution >= 4 is 33.6 Å². The molecule has 1 unspecified atom stereocenters. The van der Waals surface area contributed by atoms with Gasteiger partial charge >= 0.3 is 0 Å². The molecule has 0 N–H and O–H groups in total. The molecule has 9 heavy (non-hydrogen) atoms. The molecule has 0 rings (SSSR count). The Balaban J connectivity index is 3.64. The Morgan fingerprint density at radius 3 is 2.11 bits per heavy atom. The largest absolute Gasteiger partial charge is 0.287 e. The van der Waals surface area contributed by atoms with E-state index in [0.29, 0.717) is 11.8 Å². The predicted molar refractivity (Wildman–Crippen MR) is 38.6 cm³/mol. The second kappa shape index (κ2) is 3.90. The molecule has 2 nitrogen and oxygen atoms in total. The highest BCUT2D eigenvalue weighted by molar-refractivity contribution is 8.26. The van der Waals surface area contributed by atoms with Gasteiger partial charge in [0.05, 0.1) is 0 Å². The zero-order valence-corrected chi connectivity index (χ0v) is 6.75. The van der Waals surface area contributed by atoms with Crippen LogP contribution in [0.3, 0.4) is 0 Å². The molecule has 0 heterocycles. The van der Waals surface area contributed by atoms with Crippen LogP contribution in [0, 0.1) is 0 Å².